The Hall–Kier alpha value is -1.87. The molecule has 2 N–H and O–H groups in total. The summed E-state index contributed by atoms with van der Waals surface area (Å²) in [4.78, 5) is 6.15. The molecule has 1 aromatic carbocycles. The number of guanidine groups is 1. The van der Waals surface area contributed by atoms with Crippen LogP contribution in [0, 0.1) is 0 Å². The summed E-state index contributed by atoms with van der Waals surface area (Å²) in [5, 5.41) is 13.2. The van der Waals surface area contributed by atoms with Crippen LogP contribution in [0.3, 0.4) is 0 Å². The Bertz CT molecular complexity index is 800. The molecule has 144 valence electrons. The number of aromatic nitrogens is 2. The van der Waals surface area contributed by atoms with Gasteiger partial charge in [0.25, 0.3) is 0 Å². The van der Waals surface area contributed by atoms with Crippen LogP contribution in [0.4, 0.5) is 0 Å². The van der Waals surface area contributed by atoms with E-state index in [-0.39, 0.29) is 24.0 Å². The Morgan fingerprint density at radius 2 is 1.96 bits per heavy atom. The summed E-state index contributed by atoms with van der Waals surface area (Å²) < 4.78 is 1.94. The number of thiophene rings is 1. The van der Waals surface area contributed by atoms with E-state index in [1.165, 1.54) is 16.0 Å². The molecule has 0 aliphatic rings. The van der Waals surface area contributed by atoms with E-state index < -0.39 is 0 Å². The first-order chi connectivity index (χ1) is 12.8. The van der Waals surface area contributed by atoms with E-state index in [0.29, 0.717) is 6.54 Å². The molecule has 27 heavy (non-hydrogen) atoms. The molecule has 5 nitrogen and oxygen atoms in total. The Morgan fingerprint density at radius 3 is 2.67 bits per heavy atom. The molecule has 0 amide bonds. The zero-order valence-electron chi connectivity index (χ0n) is 15.5. The molecule has 0 fully saturated rings. The van der Waals surface area contributed by atoms with Gasteiger partial charge in [-0.2, -0.15) is 5.10 Å². The normalized spacial score (nSPS) is 11.1. The van der Waals surface area contributed by atoms with Crippen LogP contribution >= 0.6 is 35.3 Å². The predicted octanol–water partition coefficient (Wildman–Crippen LogP) is 3.91. The summed E-state index contributed by atoms with van der Waals surface area (Å²) in [6, 6.07) is 14.6. The van der Waals surface area contributed by atoms with Crippen LogP contribution in [0.2, 0.25) is 0 Å². The topological polar surface area (TPSA) is 54.2 Å². The van der Waals surface area contributed by atoms with Gasteiger partial charge in [0.15, 0.2) is 5.96 Å². The summed E-state index contributed by atoms with van der Waals surface area (Å²) in [6.07, 6.45) is 4.80. The van der Waals surface area contributed by atoms with Gasteiger partial charge in [0, 0.05) is 30.4 Å². The van der Waals surface area contributed by atoms with Gasteiger partial charge in [0.2, 0.25) is 0 Å². The zero-order valence-corrected chi connectivity index (χ0v) is 18.6. The number of aliphatic imine (C=N–C) groups is 1. The summed E-state index contributed by atoms with van der Waals surface area (Å²) in [6.45, 7) is 5.22. The highest BCUT2D eigenvalue weighted by atomic mass is 127. The van der Waals surface area contributed by atoms with E-state index >= 15 is 0 Å². The lowest BCUT2D eigenvalue weighted by atomic mass is 10.1. The molecule has 0 unspecified atom stereocenters. The average molecular weight is 495 g/mol. The molecule has 7 heteroatoms. The molecule has 3 rings (SSSR count). The maximum atomic E-state index is 4.76. The number of rotatable bonds is 8. The van der Waals surface area contributed by atoms with Crippen molar-refractivity contribution < 1.29 is 0 Å². The SMILES string of the molecule is CCNC(=NCc1ccccc1Cn1cccn1)NCCc1cccs1.I. The van der Waals surface area contributed by atoms with E-state index in [2.05, 4.69) is 64.4 Å². The quantitative estimate of drug-likeness (QED) is 0.283. The van der Waals surface area contributed by atoms with Gasteiger partial charge in [0.1, 0.15) is 0 Å². The Kier molecular flexibility index (Phi) is 9.34. The Balaban J connectivity index is 0.00000261. The van der Waals surface area contributed by atoms with Gasteiger partial charge < -0.3 is 10.6 Å². The summed E-state index contributed by atoms with van der Waals surface area (Å²) >= 11 is 1.79. The molecule has 0 atom stereocenters. The predicted molar refractivity (Wildman–Crippen MR) is 124 cm³/mol. The van der Waals surface area contributed by atoms with Crippen LogP contribution in [0.1, 0.15) is 22.9 Å². The molecule has 0 aliphatic heterocycles. The van der Waals surface area contributed by atoms with Crippen LogP contribution in [-0.2, 0) is 19.5 Å². The minimum Gasteiger partial charge on any atom is -0.357 e. The van der Waals surface area contributed by atoms with Crippen molar-refractivity contribution in [1.82, 2.24) is 20.4 Å². The fourth-order valence-electron chi connectivity index (χ4n) is 2.70. The highest BCUT2D eigenvalue weighted by Gasteiger charge is 2.04. The van der Waals surface area contributed by atoms with Crippen molar-refractivity contribution >= 4 is 41.3 Å². The molecule has 0 bridgehead atoms. The van der Waals surface area contributed by atoms with Crippen molar-refractivity contribution in [2.75, 3.05) is 13.1 Å². The third kappa shape index (κ3) is 6.99. The monoisotopic (exact) mass is 495 g/mol. The molecule has 2 aromatic heterocycles. The first-order valence-corrected chi connectivity index (χ1v) is 9.82. The lowest BCUT2D eigenvalue weighted by molar-refractivity contribution is 0.680. The van der Waals surface area contributed by atoms with Crippen molar-refractivity contribution in [3.05, 3.63) is 76.2 Å². The van der Waals surface area contributed by atoms with Gasteiger partial charge in [-0.25, -0.2) is 4.99 Å². The first kappa shape index (κ1) is 21.4. The Morgan fingerprint density at radius 1 is 1.11 bits per heavy atom. The van der Waals surface area contributed by atoms with Gasteiger partial charge in [0.05, 0.1) is 13.1 Å². The van der Waals surface area contributed by atoms with Gasteiger partial charge in [-0.15, -0.1) is 35.3 Å². The molecular weight excluding hydrogens is 469 g/mol. The maximum Gasteiger partial charge on any atom is 0.191 e. The second-order valence-electron chi connectivity index (χ2n) is 5.92. The average Bonchev–Trinajstić information content (AvgIpc) is 3.35. The highest BCUT2D eigenvalue weighted by Crippen LogP contribution is 2.12. The fourth-order valence-corrected chi connectivity index (χ4v) is 3.41. The van der Waals surface area contributed by atoms with E-state index in [9.17, 15) is 0 Å². The number of hydrogen-bond donors (Lipinski definition) is 2. The van der Waals surface area contributed by atoms with Gasteiger partial charge in [-0.1, -0.05) is 30.3 Å². The molecule has 0 saturated carbocycles. The lowest BCUT2D eigenvalue weighted by Gasteiger charge is -2.12. The first-order valence-electron chi connectivity index (χ1n) is 8.94. The van der Waals surface area contributed by atoms with Crippen molar-refractivity contribution in [1.29, 1.82) is 0 Å². The third-order valence-electron chi connectivity index (χ3n) is 4.01. The summed E-state index contributed by atoms with van der Waals surface area (Å²) in [5.41, 5.74) is 2.47. The summed E-state index contributed by atoms with van der Waals surface area (Å²) in [5.74, 6) is 0.859. The third-order valence-corrected chi connectivity index (χ3v) is 4.94. The maximum absolute atomic E-state index is 4.76. The minimum absolute atomic E-state index is 0. The lowest BCUT2D eigenvalue weighted by Crippen LogP contribution is -2.38. The van der Waals surface area contributed by atoms with Gasteiger partial charge >= 0.3 is 0 Å². The highest BCUT2D eigenvalue weighted by molar-refractivity contribution is 14.0. The van der Waals surface area contributed by atoms with E-state index in [1.54, 1.807) is 11.3 Å². The van der Waals surface area contributed by atoms with Crippen molar-refractivity contribution in [2.24, 2.45) is 4.99 Å². The minimum atomic E-state index is 0. The van der Waals surface area contributed by atoms with Crippen LogP contribution in [0.25, 0.3) is 0 Å². The van der Waals surface area contributed by atoms with E-state index in [4.69, 9.17) is 4.99 Å². The van der Waals surface area contributed by atoms with Crippen LogP contribution < -0.4 is 10.6 Å². The smallest absolute Gasteiger partial charge is 0.191 e. The number of halogens is 1. The molecular formula is C20H26IN5S. The van der Waals surface area contributed by atoms with Crippen LogP contribution in [-0.4, -0.2) is 28.8 Å². The molecule has 0 aliphatic carbocycles. The van der Waals surface area contributed by atoms with Gasteiger partial charge in [-0.05, 0) is 42.0 Å². The molecule has 3 aromatic rings. The van der Waals surface area contributed by atoms with Crippen LogP contribution in [0.5, 0.6) is 0 Å². The van der Waals surface area contributed by atoms with E-state index in [1.807, 2.05) is 23.1 Å². The number of hydrogen-bond acceptors (Lipinski definition) is 3. The Labute approximate surface area is 181 Å². The summed E-state index contributed by atoms with van der Waals surface area (Å²) in [7, 11) is 0. The van der Waals surface area contributed by atoms with Crippen molar-refractivity contribution in [3.63, 3.8) is 0 Å². The number of nitrogens with one attached hydrogen (secondary N) is 2. The van der Waals surface area contributed by atoms with Crippen molar-refractivity contribution in [3.8, 4) is 0 Å². The zero-order chi connectivity index (χ0) is 18.0. The molecule has 0 spiro atoms. The van der Waals surface area contributed by atoms with Crippen molar-refractivity contribution in [2.45, 2.75) is 26.4 Å². The molecule has 0 saturated heterocycles. The fraction of sp³-hybridized carbons (Fsp3) is 0.300. The van der Waals surface area contributed by atoms with Gasteiger partial charge in [-0.3, -0.25) is 4.68 Å². The van der Waals surface area contributed by atoms with E-state index in [0.717, 1.165) is 32.0 Å². The molecule has 2 heterocycles. The largest absolute Gasteiger partial charge is 0.357 e. The standard InChI is InChI=1S/C20H25N5S.HI/c1-2-21-20(22-12-10-19-9-5-14-26-19)23-15-17-7-3-4-8-18(17)16-25-13-6-11-24-25;/h3-9,11,13-14H,2,10,12,15-16H2,1H3,(H2,21,22,23);1H. The number of nitrogens with zero attached hydrogens (tertiary/aromatic N) is 3. The molecule has 0 radical (unpaired) electrons. The number of benzene rings is 1. The second kappa shape index (κ2) is 11.8. The second-order valence-corrected chi connectivity index (χ2v) is 6.96. The van der Waals surface area contributed by atoms with Crippen LogP contribution in [0.15, 0.2) is 65.2 Å².